The number of fused-ring (bicyclic) bond motifs is 3. The van der Waals surface area contributed by atoms with Gasteiger partial charge in [0.25, 0.3) is 5.91 Å². The van der Waals surface area contributed by atoms with E-state index in [1.165, 1.54) is 24.1 Å². The molecule has 1 aliphatic carbocycles. The normalized spacial score (nSPS) is 25.7. The van der Waals surface area contributed by atoms with Gasteiger partial charge < -0.3 is 10.6 Å². The lowest BCUT2D eigenvalue weighted by Gasteiger charge is -2.29. The summed E-state index contributed by atoms with van der Waals surface area (Å²) in [5, 5.41) is 11.7. The molecule has 27 heavy (non-hydrogen) atoms. The Morgan fingerprint density at radius 2 is 1.93 bits per heavy atom. The minimum Gasteiger partial charge on any atom is -0.348 e. The number of carbonyl (C=O) groups excluding carboxylic acids is 1. The molecule has 2 unspecified atom stereocenters. The predicted octanol–water partition coefficient (Wildman–Crippen LogP) is 3.10. The quantitative estimate of drug-likeness (QED) is 0.852. The van der Waals surface area contributed by atoms with Crippen molar-refractivity contribution in [3.05, 3.63) is 46.8 Å². The van der Waals surface area contributed by atoms with Crippen LogP contribution in [-0.2, 0) is 12.8 Å². The molecular formula is C21H27ClN4O. The summed E-state index contributed by atoms with van der Waals surface area (Å²) >= 11 is 0. The van der Waals surface area contributed by atoms with Crippen LogP contribution in [0.3, 0.4) is 0 Å². The summed E-state index contributed by atoms with van der Waals surface area (Å²) in [7, 11) is 0. The standard InChI is InChI=1S/C21H26N4O.ClH/c1-13-5-2-3-7-18(13)25-19-8-4-6-17(19)20(24-25)21(26)23-16-11-14-9-10-15(12-16)22-14;/h2-3,5,7,14-16,22H,4,6,8-12H2,1H3,(H,23,26);1H. The zero-order valence-electron chi connectivity index (χ0n) is 15.7. The van der Waals surface area contributed by atoms with Crippen molar-refractivity contribution >= 4 is 18.3 Å². The highest BCUT2D eigenvalue weighted by molar-refractivity contribution is 5.94. The van der Waals surface area contributed by atoms with Crippen LogP contribution in [0.2, 0.25) is 0 Å². The summed E-state index contributed by atoms with van der Waals surface area (Å²) in [6.45, 7) is 2.10. The molecule has 2 fully saturated rings. The van der Waals surface area contributed by atoms with E-state index in [-0.39, 0.29) is 24.4 Å². The molecule has 144 valence electrons. The van der Waals surface area contributed by atoms with Gasteiger partial charge in [0.1, 0.15) is 0 Å². The van der Waals surface area contributed by atoms with Gasteiger partial charge >= 0.3 is 0 Å². The molecule has 5 nitrogen and oxygen atoms in total. The van der Waals surface area contributed by atoms with E-state index in [9.17, 15) is 4.79 Å². The molecule has 3 aliphatic rings. The highest BCUT2D eigenvalue weighted by atomic mass is 35.5. The number of aromatic nitrogens is 2. The van der Waals surface area contributed by atoms with Gasteiger partial charge in [-0.2, -0.15) is 5.10 Å². The third kappa shape index (κ3) is 3.27. The lowest BCUT2D eigenvalue weighted by atomic mass is 9.99. The van der Waals surface area contributed by atoms with E-state index >= 15 is 0 Å². The molecule has 0 spiro atoms. The molecule has 2 N–H and O–H groups in total. The van der Waals surface area contributed by atoms with Gasteiger partial charge in [0, 0.05) is 29.4 Å². The molecule has 2 bridgehead atoms. The summed E-state index contributed by atoms with van der Waals surface area (Å²) in [5.74, 6) is 0.0155. The molecule has 1 amide bonds. The van der Waals surface area contributed by atoms with Gasteiger partial charge in [-0.25, -0.2) is 4.68 Å². The average molecular weight is 387 g/mol. The maximum absolute atomic E-state index is 13.0. The Bertz CT molecular complexity index is 850. The Hall–Kier alpha value is -1.85. The van der Waals surface area contributed by atoms with E-state index in [1.807, 2.05) is 16.8 Å². The van der Waals surface area contributed by atoms with Crippen LogP contribution >= 0.6 is 12.4 Å². The maximum atomic E-state index is 13.0. The highest BCUT2D eigenvalue weighted by Crippen LogP contribution is 2.30. The molecule has 2 atom stereocenters. The number of nitrogens with zero attached hydrogens (tertiary/aromatic N) is 2. The summed E-state index contributed by atoms with van der Waals surface area (Å²) in [6.07, 6.45) is 7.65. The number of benzene rings is 1. The second-order valence-corrected chi connectivity index (χ2v) is 8.11. The van der Waals surface area contributed by atoms with Crippen LogP contribution in [0.15, 0.2) is 24.3 Å². The first-order chi connectivity index (χ1) is 12.7. The molecule has 0 saturated carbocycles. The Balaban J connectivity index is 0.00000180. The molecule has 3 heterocycles. The molecular weight excluding hydrogens is 360 g/mol. The second kappa shape index (κ2) is 7.28. The fourth-order valence-electron chi connectivity index (χ4n) is 5.05. The minimum absolute atomic E-state index is 0. The van der Waals surface area contributed by atoms with Crippen LogP contribution in [0.1, 0.15) is 59.4 Å². The molecule has 5 rings (SSSR count). The second-order valence-electron chi connectivity index (χ2n) is 8.11. The Morgan fingerprint density at radius 3 is 2.67 bits per heavy atom. The number of aryl methyl sites for hydroxylation is 1. The molecule has 0 radical (unpaired) electrons. The van der Waals surface area contributed by atoms with Crippen LogP contribution in [0, 0.1) is 6.92 Å². The average Bonchev–Trinajstić information content (AvgIpc) is 3.31. The number of halogens is 1. The summed E-state index contributed by atoms with van der Waals surface area (Å²) in [5.41, 5.74) is 5.29. The van der Waals surface area contributed by atoms with Gasteiger partial charge in [0.05, 0.1) is 5.69 Å². The fraction of sp³-hybridized carbons (Fsp3) is 0.524. The topological polar surface area (TPSA) is 59.0 Å². The van der Waals surface area contributed by atoms with Crippen molar-refractivity contribution in [3.8, 4) is 5.69 Å². The first-order valence-electron chi connectivity index (χ1n) is 9.92. The number of piperidine rings is 1. The van der Waals surface area contributed by atoms with Crippen LogP contribution in [0.25, 0.3) is 5.69 Å². The SMILES string of the molecule is Cc1ccccc1-n1nc(C(=O)NC2CC3CCC(C2)N3)c2c1CCC2.Cl. The first-order valence-corrected chi connectivity index (χ1v) is 9.92. The Morgan fingerprint density at radius 1 is 1.19 bits per heavy atom. The third-order valence-electron chi connectivity index (χ3n) is 6.30. The van der Waals surface area contributed by atoms with Crippen molar-refractivity contribution in [1.29, 1.82) is 0 Å². The zero-order valence-corrected chi connectivity index (χ0v) is 16.5. The summed E-state index contributed by atoms with van der Waals surface area (Å²) in [6, 6.07) is 9.71. The highest BCUT2D eigenvalue weighted by Gasteiger charge is 2.35. The van der Waals surface area contributed by atoms with Crippen molar-refractivity contribution in [1.82, 2.24) is 20.4 Å². The van der Waals surface area contributed by atoms with Gasteiger partial charge in [0.2, 0.25) is 0 Å². The van der Waals surface area contributed by atoms with Crippen LogP contribution in [0.5, 0.6) is 0 Å². The lowest BCUT2D eigenvalue weighted by Crippen LogP contribution is -2.48. The van der Waals surface area contributed by atoms with Gasteiger partial charge in [0.15, 0.2) is 5.69 Å². The molecule has 1 aromatic carbocycles. The number of hydrogen-bond acceptors (Lipinski definition) is 3. The van der Waals surface area contributed by atoms with Crippen LogP contribution in [0.4, 0.5) is 0 Å². The van der Waals surface area contributed by atoms with Crippen LogP contribution < -0.4 is 10.6 Å². The van der Waals surface area contributed by atoms with E-state index in [2.05, 4.69) is 29.7 Å². The summed E-state index contributed by atoms with van der Waals surface area (Å²) < 4.78 is 2.01. The van der Waals surface area contributed by atoms with E-state index in [0.717, 1.165) is 43.4 Å². The maximum Gasteiger partial charge on any atom is 0.272 e. The molecule has 2 aromatic rings. The Kier molecular flexibility index (Phi) is 4.99. The van der Waals surface area contributed by atoms with E-state index < -0.39 is 0 Å². The largest absolute Gasteiger partial charge is 0.348 e. The lowest BCUT2D eigenvalue weighted by molar-refractivity contribution is 0.0917. The first kappa shape index (κ1) is 18.5. The monoisotopic (exact) mass is 386 g/mol. The van der Waals surface area contributed by atoms with Crippen molar-refractivity contribution in [2.75, 3.05) is 0 Å². The molecule has 2 saturated heterocycles. The van der Waals surface area contributed by atoms with Crippen molar-refractivity contribution in [3.63, 3.8) is 0 Å². The van der Waals surface area contributed by atoms with Crippen molar-refractivity contribution in [2.24, 2.45) is 0 Å². The van der Waals surface area contributed by atoms with Gasteiger partial charge in [-0.1, -0.05) is 18.2 Å². The van der Waals surface area contributed by atoms with Crippen LogP contribution in [-0.4, -0.2) is 33.8 Å². The fourth-order valence-corrected chi connectivity index (χ4v) is 5.05. The number of rotatable bonds is 3. The number of para-hydroxylation sites is 1. The van der Waals surface area contributed by atoms with E-state index in [4.69, 9.17) is 5.10 Å². The number of nitrogens with one attached hydrogen (secondary N) is 2. The number of carbonyl (C=O) groups is 1. The molecule has 2 aliphatic heterocycles. The minimum atomic E-state index is 0. The van der Waals surface area contributed by atoms with Crippen molar-refractivity contribution in [2.45, 2.75) is 70.0 Å². The number of hydrogen-bond donors (Lipinski definition) is 2. The molecule has 6 heteroatoms. The molecule has 1 aromatic heterocycles. The van der Waals surface area contributed by atoms with Gasteiger partial charge in [-0.05, 0) is 63.5 Å². The van der Waals surface area contributed by atoms with E-state index in [1.54, 1.807) is 0 Å². The number of amides is 1. The summed E-state index contributed by atoms with van der Waals surface area (Å²) in [4.78, 5) is 13.0. The van der Waals surface area contributed by atoms with E-state index in [0.29, 0.717) is 17.8 Å². The van der Waals surface area contributed by atoms with Gasteiger partial charge in [-0.3, -0.25) is 4.79 Å². The Labute approximate surface area is 166 Å². The van der Waals surface area contributed by atoms with Gasteiger partial charge in [-0.15, -0.1) is 12.4 Å². The predicted molar refractivity (Wildman–Crippen MR) is 108 cm³/mol. The smallest absolute Gasteiger partial charge is 0.272 e. The van der Waals surface area contributed by atoms with Crippen molar-refractivity contribution < 1.29 is 4.79 Å². The zero-order chi connectivity index (χ0) is 17.7. The third-order valence-corrected chi connectivity index (χ3v) is 6.30.